The summed E-state index contributed by atoms with van der Waals surface area (Å²) in [5.74, 6) is 1.27. The van der Waals surface area contributed by atoms with E-state index in [9.17, 15) is 9.90 Å². The number of fused-ring (bicyclic) bond motifs is 4. The van der Waals surface area contributed by atoms with Crippen LogP contribution in [0.15, 0.2) is 0 Å². The molecule has 0 heterocycles. The molecule has 0 aliphatic heterocycles. The largest absolute Gasteiger partial charge is 0.389 e. The minimum Gasteiger partial charge on any atom is -0.389 e. The van der Waals surface area contributed by atoms with E-state index in [1.54, 1.807) is 0 Å². The van der Waals surface area contributed by atoms with Gasteiger partial charge in [0.15, 0.2) is 0 Å². The zero-order valence-electron chi connectivity index (χ0n) is 15.1. The topological polar surface area (TPSA) is 46.5 Å². The van der Waals surface area contributed by atoms with Gasteiger partial charge in [0, 0.05) is 18.4 Å². The molecule has 0 saturated heterocycles. The van der Waals surface area contributed by atoms with Gasteiger partial charge in [0.1, 0.15) is 5.78 Å². The van der Waals surface area contributed by atoms with Crippen molar-refractivity contribution < 1.29 is 14.6 Å². The first kappa shape index (κ1) is 17.4. The van der Waals surface area contributed by atoms with E-state index in [1.165, 1.54) is 6.42 Å². The zero-order chi connectivity index (χ0) is 16.7. The Morgan fingerprint density at radius 2 is 1.96 bits per heavy atom. The Morgan fingerprint density at radius 1 is 1.17 bits per heavy atom. The van der Waals surface area contributed by atoms with Gasteiger partial charge in [-0.2, -0.15) is 0 Å². The van der Waals surface area contributed by atoms with Gasteiger partial charge >= 0.3 is 0 Å². The second kappa shape index (κ2) is 6.48. The Bertz CT molecular complexity index is 439. The van der Waals surface area contributed by atoms with Crippen LogP contribution in [0.1, 0.15) is 78.6 Å². The molecule has 5 atom stereocenters. The molecule has 2 bridgehead atoms. The zero-order valence-corrected chi connectivity index (χ0v) is 15.1. The standard InChI is InChI=1S/C20H34O3/c1-19(2,3)23-13-7-9-14-15-8-6-11-17(18(15)21)20(22)12-5-4-10-16(14)20/h14-17,22H,4-13H2,1-3H3. The number of hydrogen-bond acceptors (Lipinski definition) is 3. The third-order valence-electron chi connectivity index (χ3n) is 6.56. The Labute approximate surface area is 141 Å². The summed E-state index contributed by atoms with van der Waals surface area (Å²) >= 11 is 0. The summed E-state index contributed by atoms with van der Waals surface area (Å²) in [4.78, 5) is 12.9. The second-order valence-corrected chi connectivity index (χ2v) is 9.10. The number of carbonyl (C=O) groups excluding carboxylic acids is 1. The van der Waals surface area contributed by atoms with Crippen LogP contribution in [0.3, 0.4) is 0 Å². The van der Waals surface area contributed by atoms with E-state index in [2.05, 4.69) is 20.8 Å². The van der Waals surface area contributed by atoms with E-state index in [-0.39, 0.29) is 17.4 Å². The van der Waals surface area contributed by atoms with Crippen molar-refractivity contribution in [3.8, 4) is 0 Å². The molecule has 0 radical (unpaired) electrons. The molecule has 3 saturated carbocycles. The molecule has 132 valence electrons. The predicted molar refractivity (Wildman–Crippen MR) is 91.2 cm³/mol. The molecule has 3 aliphatic carbocycles. The number of Topliss-reactive ketones (excluding diaryl/α,β-unsaturated/α-hetero) is 1. The first-order valence-corrected chi connectivity index (χ1v) is 9.73. The van der Waals surface area contributed by atoms with Crippen molar-refractivity contribution in [1.82, 2.24) is 0 Å². The van der Waals surface area contributed by atoms with Gasteiger partial charge in [-0.25, -0.2) is 0 Å². The molecule has 0 amide bonds. The molecular formula is C20H34O3. The molecule has 3 fully saturated rings. The molecule has 5 unspecified atom stereocenters. The molecule has 3 aliphatic rings. The number of ketones is 1. The summed E-state index contributed by atoms with van der Waals surface area (Å²) in [7, 11) is 0. The Balaban J connectivity index is 1.70. The van der Waals surface area contributed by atoms with E-state index in [4.69, 9.17) is 4.74 Å². The average molecular weight is 322 g/mol. The van der Waals surface area contributed by atoms with Crippen LogP contribution in [0.2, 0.25) is 0 Å². The van der Waals surface area contributed by atoms with Gasteiger partial charge in [0.2, 0.25) is 0 Å². The summed E-state index contributed by atoms with van der Waals surface area (Å²) in [6, 6.07) is 0. The normalized spacial score (nSPS) is 40.8. The maximum atomic E-state index is 12.9. The van der Waals surface area contributed by atoms with E-state index < -0.39 is 5.60 Å². The number of rotatable bonds is 4. The van der Waals surface area contributed by atoms with Gasteiger partial charge < -0.3 is 9.84 Å². The van der Waals surface area contributed by atoms with Crippen molar-refractivity contribution in [3.05, 3.63) is 0 Å². The molecule has 23 heavy (non-hydrogen) atoms. The Morgan fingerprint density at radius 3 is 2.70 bits per heavy atom. The molecule has 0 spiro atoms. The summed E-state index contributed by atoms with van der Waals surface area (Å²) < 4.78 is 5.86. The number of carbonyl (C=O) groups is 1. The average Bonchev–Trinajstić information content (AvgIpc) is 2.46. The van der Waals surface area contributed by atoms with Gasteiger partial charge in [-0.1, -0.05) is 19.3 Å². The van der Waals surface area contributed by atoms with Gasteiger partial charge in [0.05, 0.1) is 11.2 Å². The highest BCUT2D eigenvalue weighted by atomic mass is 16.5. The highest BCUT2D eigenvalue weighted by Crippen LogP contribution is 2.55. The van der Waals surface area contributed by atoms with Crippen LogP contribution in [-0.4, -0.2) is 28.7 Å². The SMILES string of the molecule is CC(C)(C)OCCCC1C2CCCC(C2=O)C2(O)CCCCC12. The first-order valence-electron chi connectivity index (χ1n) is 9.73. The van der Waals surface area contributed by atoms with Crippen LogP contribution in [-0.2, 0) is 9.53 Å². The number of hydrogen-bond donors (Lipinski definition) is 1. The second-order valence-electron chi connectivity index (χ2n) is 9.10. The van der Waals surface area contributed by atoms with Crippen molar-refractivity contribution >= 4 is 5.78 Å². The molecule has 3 rings (SSSR count). The van der Waals surface area contributed by atoms with E-state index in [0.29, 0.717) is 17.6 Å². The molecule has 0 aromatic carbocycles. The van der Waals surface area contributed by atoms with Crippen molar-refractivity contribution in [2.24, 2.45) is 23.7 Å². The maximum Gasteiger partial charge on any atom is 0.142 e. The molecule has 0 aromatic heterocycles. The van der Waals surface area contributed by atoms with Crippen LogP contribution in [0.5, 0.6) is 0 Å². The fourth-order valence-corrected chi connectivity index (χ4v) is 5.61. The summed E-state index contributed by atoms with van der Waals surface area (Å²) in [5, 5.41) is 11.4. The third kappa shape index (κ3) is 3.37. The Kier molecular flexibility index (Phi) is 4.90. The molecule has 1 N–H and O–H groups in total. The fraction of sp³-hybridized carbons (Fsp3) is 0.950. The predicted octanol–water partition coefficient (Wildman–Crippen LogP) is 4.12. The van der Waals surface area contributed by atoms with Crippen LogP contribution in [0, 0.1) is 23.7 Å². The summed E-state index contributed by atoms with van der Waals surface area (Å²) in [6.45, 7) is 7.02. The highest BCUT2D eigenvalue weighted by molar-refractivity contribution is 5.86. The lowest BCUT2D eigenvalue weighted by Crippen LogP contribution is -2.61. The highest BCUT2D eigenvalue weighted by Gasteiger charge is 2.59. The first-order chi connectivity index (χ1) is 10.8. The third-order valence-corrected chi connectivity index (χ3v) is 6.56. The van der Waals surface area contributed by atoms with E-state index in [1.807, 2.05) is 0 Å². The molecule has 3 heteroatoms. The van der Waals surface area contributed by atoms with Crippen LogP contribution < -0.4 is 0 Å². The molecule has 3 nitrogen and oxygen atoms in total. The van der Waals surface area contributed by atoms with E-state index >= 15 is 0 Å². The van der Waals surface area contributed by atoms with Crippen molar-refractivity contribution in [3.63, 3.8) is 0 Å². The quantitative estimate of drug-likeness (QED) is 0.792. The molecular weight excluding hydrogens is 288 g/mol. The minimum absolute atomic E-state index is 0.0615. The summed E-state index contributed by atoms with van der Waals surface area (Å²) in [6.07, 6.45) is 9.38. The minimum atomic E-state index is -0.693. The number of ether oxygens (including phenoxy) is 1. The lowest BCUT2D eigenvalue weighted by molar-refractivity contribution is -0.182. The maximum absolute atomic E-state index is 12.9. The van der Waals surface area contributed by atoms with E-state index in [0.717, 1.165) is 58.0 Å². The van der Waals surface area contributed by atoms with Crippen molar-refractivity contribution in [2.75, 3.05) is 6.61 Å². The smallest absolute Gasteiger partial charge is 0.142 e. The van der Waals surface area contributed by atoms with Crippen LogP contribution in [0.4, 0.5) is 0 Å². The van der Waals surface area contributed by atoms with Gasteiger partial charge in [-0.15, -0.1) is 0 Å². The lowest BCUT2D eigenvalue weighted by atomic mass is 9.50. The van der Waals surface area contributed by atoms with Crippen LogP contribution in [0.25, 0.3) is 0 Å². The van der Waals surface area contributed by atoms with Gasteiger partial charge in [-0.05, 0) is 71.1 Å². The van der Waals surface area contributed by atoms with Gasteiger partial charge in [0.25, 0.3) is 0 Å². The lowest BCUT2D eigenvalue weighted by Gasteiger charge is -2.56. The van der Waals surface area contributed by atoms with Crippen molar-refractivity contribution in [1.29, 1.82) is 0 Å². The monoisotopic (exact) mass is 322 g/mol. The van der Waals surface area contributed by atoms with Gasteiger partial charge in [-0.3, -0.25) is 4.79 Å². The molecule has 0 aromatic rings. The Hall–Kier alpha value is -0.410. The number of aliphatic hydroxyl groups is 1. The van der Waals surface area contributed by atoms with Crippen molar-refractivity contribution in [2.45, 2.75) is 89.8 Å². The fourth-order valence-electron chi connectivity index (χ4n) is 5.61. The van der Waals surface area contributed by atoms with Crippen LogP contribution >= 0.6 is 0 Å². The summed E-state index contributed by atoms with van der Waals surface area (Å²) in [5.41, 5.74) is -0.786.